The minimum Gasteiger partial charge on any atom is -0.490 e. The molecule has 0 radical (unpaired) electrons. The van der Waals surface area contributed by atoms with Crippen LogP contribution in [0.5, 0.6) is 11.5 Å². The van der Waals surface area contributed by atoms with Crippen LogP contribution in [0.25, 0.3) is 0 Å². The average molecular weight is 453 g/mol. The van der Waals surface area contributed by atoms with Gasteiger partial charge in [0, 0.05) is 36.6 Å². The van der Waals surface area contributed by atoms with E-state index in [0.29, 0.717) is 31.2 Å². The fourth-order valence-electron chi connectivity index (χ4n) is 3.43. The molecule has 1 N–H and O–H groups in total. The van der Waals surface area contributed by atoms with E-state index in [4.69, 9.17) is 21.1 Å². The minimum absolute atomic E-state index is 0. The van der Waals surface area contributed by atoms with Crippen molar-refractivity contribution < 1.29 is 14.3 Å². The predicted octanol–water partition coefficient (Wildman–Crippen LogP) is 4.84. The maximum Gasteiger partial charge on any atom is 0.222 e. The molecule has 1 aliphatic rings. The minimum atomic E-state index is 0. The molecule has 0 atom stereocenters. The van der Waals surface area contributed by atoms with Crippen molar-refractivity contribution in [1.82, 2.24) is 10.2 Å². The molecule has 7 heteroatoms. The number of likely N-dealkylation sites (tertiary alicyclic amines) is 1. The standard InChI is InChI=1S/C23H29ClN2O3.ClH/c1-2-28-21-7-3-6-19(16-25-13-5-15-26-14-4-8-22(26)27)23(21)29-17-18-9-11-20(24)12-10-18;/h3,6-7,9-12,25H,2,4-5,8,13-17H2,1H3;1H. The van der Waals surface area contributed by atoms with Gasteiger partial charge in [-0.2, -0.15) is 0 Å². The molecule has 0 unspecified atom stereocenters. The van der Waals surface area contributed by atoms with E-state index in [1.165, 1.54) is 0 Å². The summed E-state index contributed by atoms with van der Waals surface area (Å²) in [5.41, 5.74) is 2.11. The number of para-hydroxylation sites is 1. The molecule has 2 aromatic carbocycles. The monoisotopic (exact) mass is 452 g/mol. The lowest BCUT2D eigenvalue weighted by atomic mass is 10.1. The molecular weight excluding hydrogens is 423 g/mol. The summed E-state index contributed by atoms with van der Waals surface area (Å²) < 4.78 is 11.9. The first kappa shape index (κ1) is 24.3. The van der Waals surface area contributed by atoms with Crippen LogP contribution in [0.2, 0.25) is 5.02 Å². The highest BCUT2D eigenvalue weighted by atomic mass is 35.5. The first-order valence-electron chi connectivity index (χ1n) is 10.3. The average Bonchev–Trinajstić information content (AvgIpc) is 3.13. The first-order chi connectivity index (χ1) is 14.2. The van der Waals surface area contributed by atoms with Crippen LogP contribution >= 0.6 is 24.0 Å². The number of hydrogen-bond donors (Lipinski definition) is 1. The molecule has 5 nitrogen and oxygen atoms in total. The Morgan fingerprint density at radius 2 is 1.93 bits per heavy atom. The number of carbonyl (C=O) groups excluding carboxylic acids is 1. The molecule has 0 aliphatic carbocycles. The summed E-state index contributed by atoms with van der Waals surface area (Å²) in [5, 5.41) is 4.18. The smallest absolute Gasteiger partial charge is 0.222 e. The largest absolute Gasteiger partial charge is 0.490 e. The van der Waals surface area contributed by atoms with Gasteiger partial charge in [0.1, 0.15) is 6.61 Å². The van der Waals surface area contributed by atoms with E-state index < -0.39 is 0 Å². The van der Waals surface area contributed by atoms with Crippen LogP contribution in [-0.4, -0.2) is 37.0 Å². The lowest BCUT2D eigenvalue weighted by Crippen LogP contribution is -2.28. The van der Waals surface area contributed by atoms with Gasteiger partial charge >= 0.3 is 0 Å². The summed E-state index contributed by atoms with van der Waals surface area (Å²) in [6, 6.07) is 13.6. The second-order valence-electron chi connectivity index (χ2n) is 7.11. The van der Waals surface area contributed by atoms with Crippen LogP contribution < -0.4 is 14.8 Å². The van der Waals surface area contributed by atoms with Crippen molar-refractivity contribution in [2.75, 3.05) is 26.2 Å². The first-order valence-corrected chi connectivity index (χ1v) is 10.7. The Kier molecular flexibility index (Phi) is 10.3. The SMILES string of the molecule is CCOc1cccc(CNCCCN2CCCC2=O)c1OCc1ccc(Cl)cc1.Cl. The highest BCUT2D eigenvalue weighted by molar-refractivity contribution is 6.30. The van der Waals surface area contributed by atoms with E-state index in [2.05, 4.69) is 11.4 Å². The van der Waals surface area contributed by atoms with Crippen LogP contribution in [0.4, 0.5) is 0 Å². The number of hydrogen-bond acceptors (Lipinski definition) is 4. The fraction of sp³-hybridized carbons (Fsp3) is 0.435. The Morgan fingerprint density at radius 1 is 1.13 bits per heavy atom. The number of amides is 1. The van der Waals surface area contributed by atoms with Gasteiger partial charge < -0.3 is 19.7 Å². The van der Waals surface area contributed by atoms with Crippen molar-refractivity contribution in [3.05, 3.63) is 58.6 Å². The second-order valence-corrected chi connectivity index (χ2v) is 7.54. The quantitative estimate of drug-likeness (QED) is 0.495. The van der Waals surface area contributed by atoms with E-state index >= 15 is 0 Å². The lowest BCUT2D eigenvalue weighted by molar-refractivity contribution is -0.127. The number of carbonyl (C=O) groups is 1. The van der Waals surface area contributed by atoms with E-state index in [-0.39, 0.29) is 18.3 Å². The van der Waals surface area contributed by atoms with Gasteiger partial charge in [0.05, 0.1) is 6.61 Å². The van der Waals surface area contributed by atoms with Crippen LogP contribution in [-0.2, 0) is 17.9 Å². The maximum absolute atomic E-state index is 11.7. The number of halogens is 2. The number of nitrogens with one attached hydrogen (secondary N) is 1. The molecule has 30 heavy (non-hydrogen) atoms. The maximum atomic E-state index is 11.7. The Labute approximate surface area is 190 Å². The summed E-state index contributed by atoms with van der Waals surface area (Å²) in [6.07, 6.45) is 2.63. The van der Waals surface area contributed by atoms with Gasteiger partial charge in [-0.3, -0.25) is 4.79 Å². The van der Waals surface area contributed by atoms with Crippen molar-refractivity contribution in [1.29, 1.82) is 0 Å². The van der Waals surface area contributed by atoms with Gasteiger partial charge in [0.25, 0.3) is 0 Å². The van der Waals surface area contributed by atoms with E-state index in [1.54, 1.807) is 0 Å². The van der Waals surface area contributed by atoms with E-state index in [0.717, 1.165) is 55.1 Å². The third-order valence-electron chi connectivity index (χ3n) is 4.93. The van der Waals surface area contributed by atoms with Gasteiger partial charge in [-0.05, 0) is 50.1 Å². The zero-order valence-electron chi connectivity index (χ0n) is 17.4. The Balaban J connectivity index is 0.00000320. The van der Waals surface area contributed by atoms with Gasteiger partial charge in [-0.15, -0.1) is 12.4 Å². The Hall–Kier alpha value is -1.95. The number of benzene rings is 2. The van der Waals surface area contributed by atoms with Gasteiger partial charge in [0.2, 0.25) is 5.91 Å². The molecular formula is C23H30Cl2N2O3. The van der Waals surface area contributed by atoms with Crippen molar-refractivity contribution in [3.8, 4) is 11.5 Å². The summed E-state index contributed by atoms with van der Waals surface area (Å²) >= 11 is 5.96. The molecule has 0 saturated carbocycles. The zero-order valence-corrected chi connectivity index (χ0v) is 18.9. The Morgan fingerprint density at radius 3 is 2.63 bits per heavy atom. The third-order valence-corrected chi connectivity index (χ3v) is 5.18. The predicted molar refractivity (Wildman–Crippen MR) is 123 cm³/mol. The van der Waals surface area contributed by atoms with Crippen LogP contribution in [0.1, 0.15) is 37.3 Å². The van der Waals surface area contributed by atoms with Gasteiger partial charge in [-0.1, -0.05) is 35.9 Å². The van der Waals surface area contributed by atoms with Crippen LogP contribution in [0.15, 0.2) is 42.5 Å². The molecule has 1 fully saturated rings. The van der Waals surface area contributed by atoms with E-state index in [9.17, 15) is 4.79 Å². The highest BCUT2D eigenvalue weighted by Crippen LogP contribution is 2.32. The number of rotatable bonds is 11. The second kappa shape index (κ2) is 12.7. The van der Waals surface area contributed by atoms with E-state index in [1.807, 2.05) is 48.2 Å². The molecule has 2 aromatic rings. The molecule has 164 valence electrons. The molecule has 1 saturated heterocycles. The zero-order chi connectivity index (χ0) is 20.5. The number of nitrogens with zero attached hydrogens (tertiary/aromatic N) is 1. The molecule has 1 amide bonds. The van der Waals surface area contributed by atoms with Crippen LogP contribution in [0, 0.1) is 0 Å². The summed E-state index contributed by atoms with van der Waals surface area (Å²) in [5.74, 6) is 1.81. The number of ether oxygens (including phenoxy) is 2. The van der Waals surface area contributed by atoms with Crippen molar-refractivity contribution in [2.45, 2.75) is 39.3 Å². The topological polar surface area (TPSA) is 50.8 Å². The summed E-state index contributed by atoms with van der Waals surface area (Å²) in [7, 11) is 0. The normalized spacial score (nSPS) is 13.3. The Bertz CT molecular complexity index is 800. The third kappa shape index (κ3) is 7.08. The van der Waals surface area contributed by atoms with Crippen LogP contribution in [0.3, 0.4) is 0 Å². The molecule has 0 aromatic heterocycles. The molecule has 0 spiro atoms. The summed E-state index contributed by atoms with van der Waals surface area (Å²) in [4.78, 5) is 13.6. The lowest BCUT2D eigenvalue weighted by Gasteiger charge is -2.17. The molecule has 3 rings (SSSR count). The van der Waals surface area contributed by atoms with Crippen molar-refractivity contribution in [3.63, 3.8) is 0 Å². The van der Waals surface area contributed by atoms with Crippen molar-refractivity contribution >= 4 is 29.9 Å². The summed E-state index contributed by atoms with van der Waals surface area (Å²) in [6.45, 7) is 6.25. The molecule has 1 aliphatic heterocycles. The fourth-order valence-corrected chi connectivity index (χ4v) is 3.55. The molecule has 0 bridgehead atoms. The van der Waals surface area contributed by atoms with Crippen molar-refractivity contribution in [2.24, 2.45) is 0 Å². The van der Waals surface area contributed by atoms with Gasteiger partial charge in [0.15, 0.2) is 11.5 Å². The van der Waals surface area contributed by atoms with Gasteiger partial charge in [-0.25, -0.2) is 0 Å². The highest BCUT2D eigenvalue weighted by Gasteiger charge is 2.19. The molecule has 1 heterocycles.